The summed E-state index contributed by atoms with van der Waals surface area (Å²) in [5.41, 5.74) is 1.73. The van der Waals surface area contributed by atoms with Gasteiger partial charge in [0.05, 0.1) is 6.10 Å². The molecule has 0 bridgehead atoms. The molecule has 1 aromatic carbocycles. The number of halogens is 1. The van der Waals surface area contributed by atoms with E-state index in [0.29, 0.717) is 5.92 Å². The molecule has 0 unspecified atom stereocenters. The molecule has 1 fully saturated rings. The second-order valence-electron chi connectivity index (χ2n) is 5.14. The highest BCUT2D eigenvalue weighted by Crippen LogP contribution is 2.28. The molecule has 0 spiro atoms. The summed E-state index contributed by atoms with van der Waals surface area (Å²) < 4.78 is 0.987. The van der Waals surface area contributed by atoms with Crippen molar-refractivity contribution in [2.45, 2.75) is 25.9 Å². The lowest BCUT2D eigenvalue weighted by Gasteiger charge is -2.34. The van der Waals surface area contributed by atoms with Gasteiger partial charge in [0.1, 0.15) is 0 Å². The monoisotopic (exact) mass is 311 g/mol. The molecule has 3 nitrogen and oxygen atoms in total. The van der Waals surface area contributed by atoms with Gasteiger partial charge in [0.15, 0.2) is 0 Å². The quantitative estimate of drug-likeness (QED) is 0.932. The summed E-state index contributed by atoms with van der Waals surface area (Å²) in [7, 11) is 1.83. The molecule has 0 aromatic heterocycles. The maximum atomic E-state index is 12.3. The zero-order valence-electron chi connectivity index (χ0n) is 10.7. The molecule has 1 aromatic rings. The van der Waals surface area contributed by atoms with E-state index in [1.54, 1.807) is 4.90 Å². The van der Waals surface area contributed by atoms with E-state index in [-0.39, 0.29) is 12.0 Å². The minimum absolute atomic E-state index is 0.0568. The van der Waals surface area contributed by atoms with Gasteiger partial charge in [-0.25, -0.2) is 0 Å². The maximum absolute atomic E-state index is 12.3. The van der Waals surface area contributed by atoms with E-state index in [9.17, 15) is 9.90 Å². The number of hydrogen-bond acceptors (Lipinski definition) is 2. The predicted octanol–water partition coefficient (Wildman–Crippen LogP) is 2.60. The molecule has 18 heavy (non-hydrogen) atoms. The fourth-order valence-electron chi connectivity index (χ4n) is 2.39. The standard InChI is InChI=1S/C14H18BrNO2/c1-9-5-11(15)3-4-13(9)14(18)16(2)8-10-6-12(17)7-10/h3-5,10,12,17H,6-8H2,1-2H3. The van der Waals surface area contributed by atoms with Gasteiger partial charge < -0.3 is 10.0 Å². The molecule has 4 heteroatoms. The van der Waals surface area contributed by atoms with Crippen molar-refractivity contribution in [2.24, 2.45) is 5.92 Å². The van der Waals surface area contributed by atoms with Crippen molar-refractivity contribution in [1.82, 2.24) is 4.90 Å². The fourth-order valence-corrected chi connectivity index (χ4v) is 2.87. The molecule has 98 valence electrons. The molecular formula is C14H18BrNO2. The van der Waals surface area contributed by atoms with Crippen molar-refractivity contribution in [2.75, 3.05) is 13.6 Å². The zero-order chi connectivity index (χ0) is 13.3. The molecule has 0 radical (unpaired) electrons. The lowest BCUT2D eigenvalue weighted by molar-refractivity contribution is 0.0265. The first kappa shape index (κ1) is 13.6. The van der Waals surface area contributed by atoms with Gasteiger partial charge in [-0.05, 0) is 49.4 Å². The van der Waals surface area contributed by atoms with Crippen molar-refractivity contribution in [3.8, 4) is 0 Å². The summed E-state index contributed by atoms with van der Waals surface area (Å²) >= 11 is 3.40. The molecule has 0 atom stereocenters. The largest absolute Gasteiger partial charge is 0.393 e. The summed E-state index contributed by atoms with van der Waals surface area (Å²) in [4.78, 5) is 14.0. The van der Waals surface area contributed by atoms with Crippen LogP contribution in [0.5, 0.6) is 0 Å². The minimum atomic E-state index is -0.159. The number of benzene rings is 1. The molecule has 1 N–H and O–H groups in total. The van der Waals surface area contributed by atoms with Crippen molar-refractivity contribution in [3.05, 3.63) is 33.8 Å². The van der Waals surface area contributed by atoms with Gasteiger partial charge in [-0.1, -0.05) is 15.9 Å². The smallest absolute Gasteiger partial charge is 0.253 e. The average Bonchev–Trinajstić information content (AvgIpc) is 2.26. The number of aliphatic hydroxyl groups is 1. The van der Waals surface area contributed by atoms with Crippen LogP contribution >= 0.6 is 15.9 Å². The van der Waals surface area contributed by atoms with Gasteiger partial charge in [-0.3, -0.25) is 4.79 Å². The van der Waals surface area contributed by atoms with Crippen LogP contribution in [0.1, 0.15) is 28.8 Å². The van der Waals surface area contributed by atoms with Crippen molar-refractivity contribution in [1.29, 1.82) is 0 Å². The second-order valence-corrected chi connectivity index (χ2v) is 6.05. The Balaban J connectivity index is 2.01. The van der Waals surface area contributed by atoms with Crippen molar-refractivity contribution in [3.63, 3.8) is 0 Å². The number of carbonyl (C=O) groups excluding carboxylic acids is 1. The van der Waals surface area contributed by atoms with Gasteiger partial charge in [0, 0.05) is 23.6 Å². The van der Waals surface area contributed by atoms with Crippen LogP contribution in [0.3, 0.4) is 0 Å². The Kier molecular flexibility index (Phi) is 4.07. The average molecular weight is 312 g/mol. The van der Waals surface area contributed by atoms with Crippen molar-refractivity contribution < 1.29 is 9.90 Å². The molecule has 0 heterocycles. The first-order chi connectivity index (χ1) is 8.47. The third kappa shape index (κ3) is 2.93. The number of amides is 1. The van der Waals surface area contributed by atoms with Crippen LogP contribution in [0.2, 0.25) is 0 Å². The molecule has 1 aliphatic carbocycles. The van der Waals surface area contributed by atoms with E-state index in [4.69, 9.17) is 0 Å². The number of carbonyl (C=O) groups is 1. The third-order valence-electron chi connectivity index (χ3n) is 3.51. The Hall–Kier alpha value is -0.870. The summed E-state index contributed by atoms with van der Waals surface area (Å²) in [5.74, 6) is 0.506. The van der Waals surface area contributed by atoms with E-state index in [0.717, 1.165) is 35.0 Å². The summed E-state index contributed by atoms with van der Waals surface area (Å²) in [6.07, 6.45) is 1.47. The van der Waals surface area contributed by atoms with Crippen LogP contribution in [0.25, 0.3) is 0 Å². The number of rotatable bonds is 3. The van der Waals surface area contributed by atoms with Gasteiger partial charge in [-0.2, -0.15) is 0 Å². The van der Waals surface area contributed by atoms with Gasteiger partial charge in [-0.15, -0.1) is 0 Å². The minimum Gasteiger partial charge on any atom is -0.393 e. The summed E-state index contributed by atoms with van der Waals surface area (Å²) in [6, 6.07) is 5.70. The maximum Gasteiger partial charge on any atom is 0.253 e. The number of aryl methyl sites for hydroxylation is 1. The van der Waals surface area contributed by atoms with Crippen LogP contribution in [-0.2, 0) is 0 Å². The van der Waals surface area contributed by atoms with Gasteiger partial charge in [0.2, 0.25) is 0 Å². The molecule has 1 amide bonds. The highest BCUT2D eigenvalue weighted by Gasteiger charge is 2.29. The van der Waals surface area contributed by atoms with E-state index in [1.165, 1.54) is 0 Å². The first-order valence-electron chi connectivity index (χ1n) is 6.17. The Morgan fingerprint density at radius 2 is 2.17 bits per heavy atom. The van der Waals surface area contributed by atoms with Crippen LogP contribution in [0.4, 0.5) is 0 Å². The molecule has 1 aliphatic rings. The summed E-state index contributed by atoms with van der Waals surface area (Å²) in [5, 5.41) is 9.25. The molecule has 2 rings (SSSR count). The second kappa shape index (κ2) is 5.41. The Bertz CT molecular complexity index is 455. The zero-order valence-corrected chi connectivity index (χ0v) is 12.3. The lowest BCUT2D eigenvalue weighted by Crippen LogP contribution is -2.39. The van der Waals surface area contributed by atoms with E-state index in [1.807, 2.05) is 32.2 Å². The molecule has 0 saturated heterocycles. The first-order valence-corrected chi connectivity index (χ1v) is 6.96. The van der Waals surface area contributed by atoms with E-state index in [2.05, 4.69) is 15.9 Å². The molecule has 1 saturated carbocycles. The van der Waals surface area contributed by atoms with Crippen LogP contribution in [-0.4, -0.2) is 35.6 Å². The van der Waals surface area contributed by atoms with Crippen molar-refractivity contribution >= 4 is 21.8 Å². The Morgan fingerprint density at radius 1 is 1.50 bits per heavy atom. The Morgan fingerprint density at radius 3 is 2.72 bits per heavy atom. The van der Waals surface area contributed by atoms with Crippen LogP contribution < -0.4 is 0 Å². The highest BCUT2D eigenvalue weighted by atomic mass is 79.9. The molecular weight excluding hydrogens is 294 g/mol. The normalized spacial score (nSPS) is 22.4. The van der Waals surface area contributed by atoms with Crippen LogP contribution in [0.15, 0.2) is 22.7 Å². The van der Waals surface area contributed by atoms with Gasteiger partial charge >= 0.3 is 0 Å². The number of nitrogens with zero attached hydrogens (tertiary/aromatic N) is 1. The van der Waals surface area contributed by atoms with Gasteiger partial charge in [0.25, 0.3) is 5.91 Å². The molecule has 0 aliphatic heterocycles. The Labute approximate surface area is 116 Å². The van der Waals surface area contributed by atoms with E-state index >= 15 is 0 Å². The topological polar surface area (TPSA) is 40.5 Å². The fraction of sp³-hybridized carbons (Fsp3) is 0.500. The lowest BCUT2D eigenvalue weighted by atomic mass is 9.82. The highest BCUT2D eigenvalue weighted by molar-refractivity contribution is 9.10. The summed E-state index contributed by atoms with van der Waals surface area (Å²) in [6.45, 7) is 2.67. The van der Waals surface area contributed by atoms with E-state index < -0.39 is 0 Å². The third-order valence-corrected chi connectivity index (χ3v) is 4.00. The number of hydrogen-bond donors (Lipinski definition) is 1. The SMILES string of the molecule is Cc1cc(Br)ccc1C(=O)N(C)CC1CC(O)C1. The predicted molar refractivity (Wildman–Crippen MR) is 74.6 cm³/mol. The van der Waals surface area contributed by atoms with Crippen LogP contribution in [0, 0.1) is 12.8 Å². The number of aliphatic hydroxyl groups excluding tert-OH is 1.